The lowest BCUT2D eigenvalue weighted by molar-refractivity contribution is -0.121. The van der Waals surface area contributed by atoms with Gasteiger partial charge in [-0.1, -0.05) is 30.7 Å². The summed E-state index contributed by atoms with van der Waals surface area (Å²) < 4.78 is 5.17. The van der Waals surface area contributed by atoms with Gasteiger partial charge in [-0.25, -0.2) is 0 Å². The van der Waals surface area contributed by atoms with Gasteiger partial charge in [0.05, 0.1) is 10.8 Å². The molecule has 0 spiro atoms. The number of benzene rings is 1. The molecule has 0 unspecified atom stereocenters. The maximum Gasteiger partial charge on any atom is 0.168 e. The van der Waals surface area contributed by atoms with E-state index >= 15 is 0 Å². The fraction of sp³-hybridized carbons (Fsp3) is 0.417. The van der Waals surface area contributed by atoms with E-state index in [0.29, 0.717) is 17.4 Å². The first-order valence-electron chi connectivity index (χ1n) is 5.20. The topological polar surface area (TPSA) is 26.3 Å². The number of Topliss-reactive ketones (excluding diaryl/α,β-unsaturated/α-hetero) is 1. The number of hydrogen-bond donors (Lipinski definition) is 0. The summed E-state index contributed by atoms with van der Waals surface area (Å²) in [6, 6.07) is 7.51. The second-order valence-electron chi connectivity index (χ2n) is 3.31. The third kappa shape index (κ3) is 5.01. The SMILES string of the molecule is CCCOCC(=O)CSc1ccccc1Cl. The lowest BCUT2D eigenvalue weighted by Gasteiger charge is -2.03. The fourth-order valence-electron chi connectivity index (χ4n) is 1.09. The minimum absolute atomic E-state index is 0.0957. The number of ether oxygens (including phenoxy) is 1. The standard InChI is InChI=1S/C12H15ClO2S/c1-2-7-15-8-10(14)9-16-12-6-4-3-5-11(12)13/h3-6H,2,7-9H2,1H3. The summed E-state index contributed by atoms with van der Waals surface area (Å²) in [5, 5.41) is 0.690. The molecule has 0 bridgehead atoms. The van der Waals surface area contributed by atoms with E-state index in [0.717, 1.165) is 11.3 Å². The zero-order valence-corrected chi connectivity index (χ0v) is 10.8. The molecule has 0 atom stereocenters. The summed E-state index contributed by atoms with van der Waals surface area (Å²) in [6.45, 7) is 2.86. The van der Waals surface area contributed by atoms with E-state index in [1.165, 1.54) is 11.8 Å². The molecule has 1 rings (SSSR count). The van der Waals surface area contributed by atoms with Gasteiger partial charge >= 0.3 is 0 Å². The predicted molar refractivity (Wildman–Crippen MR) is 68.3 cm³/mol. The van der Waals surface area contributed by atoms with Gasteiger partial charge in [-0.3, -0.25) is 4.79 Å². The van der Waals surface area contributed by atoms with Crippen molar-refractivity contribution in [2.75, 3.05) is 19.0 Å². The number of carbonyl (C=O) groups is 1. The maximum absolute atomic E-state index is 11.4. The van der Waals surface area contributed by atoms with E-state index in [1.54, 1.807) is 0 Å². The molecule has 0 radical (unpaired) electrons. The van der Waals surface area contributed by atoms with Crippen molar-refractivity contribution < 1.29 is 9.53 Å². The highest BCUT2D eigenvalue weighted by Gasteiger charge is 2.05. The third-order valence-electron chi connectivity index (χ3n) is 1.84. The van der Waals surface area contributed by atoms with E-state index < -0.39 is 0 Å². The first-order valence-corrected chi connectivity index (χ1v) is 6.57. The maximum atomic E-state index is 11.4. The van der Waals surface area contributed by atoms with Gasteiger partial charge < -0.3 is 4.74 Å². The minimum atomic E-state index is 0.0957. The molecule has 16 heavy (non-hydrogen) atoms. The summed E-state index contributed by atoms with van der Waals surface area (Å²) in [6.07, 6.45) is 0.935. The Balaban J connectivity index is 2.29. The van der Waals surface area contributed by atoms with Crippen molar-refractivity contribution in [2.45, 2.75) is 18.2 Å². The Morgan fingerprint density at radius 1 is 1.44 bits per heavy atom. The van der Waals surface area contributed by atoms with Gasteiger partial charge in [-0.2, -0.15) is 0 Å². The van der Waals surface area contributed by atoms with Crippen molar-refractivity contribution in [3.05, 3.63) is 29.3 Å². The average molecular weight is 259 g/mol. The summed E-state index contributed by atoms with van der Waals surface area (Å²) in [4.78, 5) is 12.4. The van der Waals surface area contributed by atoms with Crippen LogP contribution in [0, 0.1) is 0 Å². The van der Waals surface area contributed by atoms with Crippen molar-refractivity contribution in [3.63, 3.8) is 0 Å². The van der Waals surface area contributed by atoms with Gasteiger partial charge in [0.2, 0.25) is 0 Å². The Hall–Kier alpha value is -0.510. The predicted octanol–water partition coefficient (Wildman–Crippen LogP) is 3.43. The summed E-state index contributed by atoms with van der Waals surface area (Å²) in [7, 11) is 0. The largest absolute Gasteiger partial charge is 0.374 e. The zero-order chi connectivity index (χ0) is 11.8. The molecular weight excluding hydrogens is 244 g/mol. The van der Waals surface area contributed by atoms with E-state index in [-0.39, 0.29) is 12.4 Å². The molecule has 0 N–H and O–H groups in total. The number of halogens is 1. The van der Waals surface area contributed by atoms with Gasteiger partial charge in [0.1, 0.15) is 6.61 Å². The number of carbonyl (C=O) groups excluding carboxylic acids is 1. The molecule has 0 aliphatic carbocycles. The Morgan fingerprint density at radius 2 is 2.19 bits per heavy atom. The highest BCUT2D eigenvalue weighted by molar-refractivity contribution is 8.00. The van der Waals surface area contributed by atoms with Crippen molar-refractivity contribution in [2.24, 2.45) is 0 Å². The molecule has 0 aliphatic rings. The third-order valence-corrected chi connectivity index (χ3v) is 3.41. The molecule has 1 aromatic carbocycles. The summed E-state index contributed by atoms with van der Waals surface area (Å²) in [5.74, 6) is 0.506. The van der Waals surface area contributed by atoms with Gasteiger partial charge in [-0.15, -0.1) is 11.8 Å². The minimum Gasteiger partial charge on any atom is -0.374 e. The fourth-order valence-corrected chi connectivity index (χ4v) is 2.17. The highest BCUT2D eigenvalue weighted by atomic mass is 35.5. The lowest BCUT2D eigenvalue weighted by atomic mass is 10.4. The summed E-state index contributed by atoms with van der Waals surface area (Å²) in [5.41, 5.74) is 0. The lowest BCUT2D eigenvalue weighted by Crippen LogP contribution is -2.11. The monoisotopic (exact) mass is 258 g/mol. The zero-order valence-electron chi connectivity index (χ0n) is 9.24. The van der Waals surface area contributed by atoms with Gasteiger partial charge in [-0.05, 0) is 18.6 Å². The Bertz CT molecular complexity index is 342. The number of thioether (sulfide) groups is 1. The van der Waals surface area contributed by atoms with Crippen LogP contribution in [0.15, 0.2) is 29.2 Å². The van der Waals surface area contributed by atoms with Crippen LogP contribution in [0.1, 0.15) is 13.3 Å². The first-order chi connectivity index (χ1) is 7.74. The average Bonchev–Trinajstić information content (AvgIpc) is 2.28. The van der Waals surface area contributed by atoms with Crippen LogP contribution in [0.25, 0.3) is 0 Å². The van der Waals surface area contributed by atoms with Crippen LogP contribution >= 0.6 is 23.4 Å². The Morgan fingerprint density at radius 3 is 2.88 bits per heavy atom. The van der Waals surface area contributed by atoms with E-state index in [2.05, 4.69) is 0 Å². The van der Waals surface area contributed by atoms with Crippen LogP contribution in [0.5, 0.6) is 0 Å². The van der Waals surface area contributed by atoms with Crippen molar-refractivity contribution >= 4 is 29.1 Å². The van der Waals surface area contributed by atoms with Crippen LogP contribution in [-0.2, 0) is 9.53 Å². The van der Waals surface area contributed by atoms with Crippen LogP contribution in [0.4, 0.5) is 0 Å². The normalized spacial score (nSPS) is 10.4. The van der Waals surface area contributed by atoms with Crippen LogP contribution in [-0.4, -0.2) is 24.7 Å². The number of rotatable bonds is 7. The van der Waals surface area contributed by atoms with Crippen molar-refractivity contribution in [1.29, 1.82) is 0 Å². The van der Waals surface area contributed by atoms with Gasteiger partial charge in [0, 0.05) is 11.5 Å². The van der Waals surface area contributed by atoms with Crippen LogP contribution in [0.3, 0.4) is 0 Å². The van der Waals surface area contributed by atoms with Crippen molar-refractivity contribution in [1.82, 2.24) is 0 Å². The molecular formula is C12H15ClO2S. The number of ketones is 1. The molecule has 0 aromatic heterocycles. The van der Waals surface area contributed by atoms with Gasteiger partial charge in [0.15, 0.2) is 5.78 Å². The molecule has 0 aliphatic heterocycles. The van der Waals surface area contributed by atoms with E-state index in [4.69, 9.17) is 16.3 Å². The molecule has 2 nitrogen and oxygen atoms in total. The first kappa shape index (κ1) is 13.6. The van der Waals surface area contributed by atoms with Crippen LogP contribution in [0.2, 0.25) is 5.02 Å². The molecule has 0 fully saturated rings. The molecule has 88 valence electrons. The molecule has 1 aromatic rings. The molecule has 0 saturated heterocycles. The molecule has 0 amide bonds. The molecule has 4 heteroatoms. The second kappa shape index (κ2) is 7.71. The smallest absolute Gasteiger partial charge is 0.168 e. The van der Waals surface area contributed by atoms with E-state index in [9.17, 15) is 4.79 Å². The van der Waals surface area contributed by atoms with Crippen molar-refractivity contribution in [3.8, 4) is 0 Å². The quantitative estimate of drug-likeness (QED) is 0.554. The number of hydrogen-bond acceptors (Lipinski definition) is 3. The second-order valence-corrected chi connectivity index (χ2v) is 4.73. The van der Waals surface area contributed by atoms with E-state index in [1.807, 2.05) is 31.2 Å². The Labute approximate surface area is 105 Å². The molecule has 0 saturated carbocycles. The Kier molecular flexibility index (Phi) is 6.53. The van der Waals surface area contributed by atoms with Crippen LogP contribution < -0.4 is 0 Å². The summed E-state index contributed by atoms with van der Waals surface area (Å²) >= 11 is 7.42. The molecule has 0 heterocycles. The van der Waals surface area contributed by atoms with Gasteiger partial charge in [0.25, 0.3) is 0 Å². The highest BCUT2D eigenvalue weighted by Crippen LogP contribution is 2.26.